The molecule has 1 heterocycles. The number of amides is 2. The fraction of sp³-hybridized carbons (Fsp3) is 0.263. The number of carbonyl (C=O) groups excluding carboxylic acids is 2. The van der Waals surface area contributed by atoms with Crippen LogP contribution in [-0.2, 0) is 19.4 Å². The maximum atomic E-state index is 12.9. The van der Waals surface area contributed by atoms with Crippen molar-refractivity contribution in [1.29, 1.82) is 0 Å². The van der Waals surface area contributed by atoms with Gasteiger partial charge in [-0.15, -0.1) is 0 Å². The number of carbonyl (C=O) groups is 2. The molecular formula is C19H19ClN2O6S. The van der Waals surface area contributed by atoms with E-state index in [9.17, 15) is 18.0 Å². The Morgan fingerprint density at radius 1 is 1.31 bits per heavy atom. The van der Waals surface area contributed by atoms with E-state index in [2.05, 4.69) is 10.6 Å². The molecule has 0 fully saturated rings. The summed E-state index contributed by atoms with van der Waals surface area (Å²) in [5.74, 6) is 0.0175. The lowest BCUT2D eigenvalue weighted by Gasteiger charge is -2.19. The first-order valence-electron chi connectivity index (χ1n) is 8.64. The van der Waals surface area contributed by atoms with Crippen molar-refractivity contribution in [2.24, 2.45) is 0 Å². The molecule has 154 valence electrons. The second-order valence-corrected chi connectivity index (χ2v) is 9.23. The zero-order valence-electron chi connectivity index (χ0n) is 15.7. The van der Waals surface area contributed by atoms with Gasteiger partial charge < -0.3 is 20.1 Å². The standard InChI is InChI=1S/C19H19ClN2O6S/c1-11(7-18(23)21-12-3-5-16(27-2)14(20)8-12)29(25,26)13-4-6-17-15(9-13)22-19(24)10-28-17/h3-6,8-9,11H,7,10H2,1-2H3,(H,21,23)(H,22,24). The van der Waals surface area contributed by atoms with Gasteiger partial charge >= 0.3 is 0 Å². The predicted octanol–water partition coefficient (Wildman–Crippen LogP) is 2.87. The van der Waals surface area contributed by atoms with Crippen LogP contribution in [0.3, 0.4) is 0 Å². The third kappa shape index (κ3) is 4.63. The van der Waals surface area contributed by atoms with E-state index in [0.29, 0.717) is 22.2 Å². The van der Waals surface area contributed by atoms with Crippen LogP contribution in [0.5, 0.6) is 11.5 Å². The van der Waals surface area contributed by atoms with Crippen LogP contribution in [0, 0.1) is 0 Å². The Morgan fingerprint density at radius 2 is 2.07 bits per heavy atom. The third-order valence-electron chi connectivity index (χ3n) is 4.35. The second-order valence-electron chi connectivity index (χ2n) is 6.45. The van der Waals surface area contributed by atoms with Gasteiger partial charge in [-0.05, 0) is 43.3 Å². The van der Waals surface area contributed by atoms with Crippen LogP contribution in [0.15, 0.2) is 41.3 Å². The molecule has 1 aliphatic rings. The molecule has 1 unspecified atom stereocenters. The number of rotatable bonds is 6. The van der Waals surface area contributed by atoms with Crippen molar-refractivity contribution in [1.82, 2.24) is 0 Å². The van der Waals surface area contributed by atoms with E-state index in [1.54, 1.807) is 12.1 Å². The first kappa shape index (κ1) is 20.9. The van der Waals surface area contributed by atoms with Crippen LogP contribution in [0.25, 0.3) is 0 Å². The van der Waals surface area contributed by atoms with E-state index in [-0.39, 0.29) is 29.5 Å². The zero-order valence-corrected chi connectivity index (χ0v) is 17.3. The second kappa shape index (κ2) is 8.30. The normalized spacial score (nSPS) is 14.2. The molecule has 29 heavy (non-hydrogen) atoms. The molecule has 0 radical (unpaired) electrons. The van der Waals surface area contributed by atoms with Crippen LogP contribution in [0.1, 0.15) is 13.3 Å². The molecule has 8 nitrogen and oxygen atoms in total. The van der Waals surface area contributed by atoms with Crippen LogP contribution in [0.4, 0.5) is 11.4 Å². The van der Waals surface area contributed by atoms with Crippen molar-refractivity contribution in [2.45, 2.75) is 23.5 Å². The molecule has 1 atom stereocenters. The van der Waals surface area contributed by atoms with Gasteiger partial charge in [0, 0.05) is 12.1 Å². The van der Waals surface area contributed by atoms with E-state index in [1.165, 1.54) is 38.3 Å². The Morgan fingerprint density at radius 3 is 2.76 bits per heavy atom. The number of anilines is 2. The minimum absolute atomic E-state index is 0.00478. The van der Waals surface area contributed by atoms with Gasteiger partial charge in [0.25, 0.3) is 5.91 Å². The predicted molar refractivity (Wildman–Crippen MR) is 108 cm³/mol. The zero-order chi connectivity index (χ0) is 21.2. The molecule has 10 heteroatoms. The summed E-state index contributed by atoms with van der Waals surface area (Å²) < 4.78 is 36.0. The number of hydrogen-bond donors (Lipinski definition) is 2. The Hall–Kier alpha value is -2.78. The Kier molecular flexibility index (Phi) is 5.99. The molecule has 0 aliphatic carbocycles. The van der Waals surface area contributed by atoms with Gasteiger partial charge in [0.1, 0.15) is 11.5 Å². The smallest absolute Gasteiger partial charge is 0.262 e. The van der Waals surface area contributed by atoms with E-state index >= 15 is 0 Å². The summed E-state index contributed by atoms with van der Waals surface area (Å²) in [7, 11) is -2.33. The highest BCUT2D eigenvalue weighted by molar-refractivity contribution is 7.92. The molecule has 2 aromatic carbocycles. The van der Waals surface area contributed by atoms with Gasteiger partial charge in [0.2, 0.25) is 5.91 Å². The SMILES string of the molecule is COc1ccc(NC(=O)CC(C)S(=O)(=O)c2ccc3c(c2)NC(=O)CO3)cc1Cl. The van der Waals surface area contributed by atoms with Crippen molar-refractivity contribution in [2.75, 3.05) is 24.4 Å². The average molecular weight is 439 g/mol. The molecule has 1 aliphatic heterocycles. The highest BCUT2D eigenvalue weighted by Crippen LogP contribution is 2.32. The lowest BCUT2D eigenvalue weighted by Crippen LogP contribution is -2.27. The highest BCUT2D eigenvalue weighted by Gasteiger charge is 2.28. The van der Waals surface area contributed by atoms with Crippen molar-refractivity contribution >= 4 is 44.6 Å². The number of halogens is 1. The summed E-state index contributed by atoms with van der Waals surface area (Å²) in [6.07, 6.45) is -0.258. The van der Waals surface area contributed by atoms with Crippen LogP contribution < -0.4 is 20.1 Å². The van der Waals surface area contributed by atoms with E-state index < -0.39 is 21.0 Å². The summed E-state index contributed by atoms with van der Waals surface area (Å²) in [6.45, 7) is 1.33. The maximum Gasteiger partial charge on any atom is 0.262 e. The molecule has 3 rings (SSSR count). The summed E-state index contributed by atoms with van der Waals surface area (Å²) in [5.41, 5.74) is 0.714. The first-order chi connectivity index (χ1) is 13.7. The topological polar surface area (TPSA) is 111 Å². The van der Waals surface area contributed by atoms with Crippen molar-refractivity contribution < 1.29 is 27.5 Å². The van der Waals surface area contributed by atoms with Crippen LogP contribution >= 0.6 is 11.6 Å². The molecule has 0 bridgehead atoms. The summed E-state index contributed by atoms with van der Waals surface area (Å²) in [6, 6.07) is 8.93. The monoisotopic (exact) mass is 438 g/mol. The molecule has 0 saturated heterocycles. The quantitative estimate of drug-likeness (QED) is 0.717. The van der Waals surface area contributed by atoms with Crippen molar-refractivity contribution in [3.8, 4) is 11.5 Å². The van der Waals surface area contributed by atoms with E-state index in [1.807, 2.05) is 0 Å². The van der Waals surface area contributed by atoms with Crippen molar-refractivity contribution in [3.05, 3.63) is 41.4 Å². The van der Waals surface area contributed by atoms with Gasteiger partial charge in [0.15, 0.2) is 16.4 Å². The Bertz CT molecular complexity index is 1070. The largest absolute Gasteiger partial charge is 0.495 e. The molecule has 2 aromatic rings. The van der Waals surface area contributed by atoms with Gasteiger partial charge in [-0.3, -0.25) is 9.59 Å². The minimum atomic E-state index is -3.81. The van der Waals surface area contributed by atoms with Gasteiger partial charge in [-0.1, -0.05) is 11.6 Å². The van der Waals surface area contributed by atoms with Gasteiger partial charge in [0.05, 0.1) is 28.0 Å². The number of ether oxygens (including phenoxy) is 2. The van der Waals surface area contributed by atoms with Crippen LogP contribution in [0.2, 0.25) is 5.02 Å². The van der Waals surface area contributed by atoms with E-state index in [0.717, 1.165) is 0 Å². The third-order valence-corrected chi connectivity index (χ3v) is 6.78. The number of benzene rings is 2. The summed E-state index contributed by atoms with van der Waals surface area (Å²) in [4.78, 5) is 23.8. The average Bonchev–Trinajstić information content (AvgIpc) is 2.67. The Labute approximate surface area is 173 Å². The first-order valence-corrected chi connectivity index (χ1v) is 10.6. The van der Waals surface area contributed by atoms with Gasteiger partial charge in [-0.2, -0.15) is 0 Å². The Balaban J connectivity index is 1.71. The van der Waals surface area contributed by atoms with Crippen LogP contribution in [-0.4, -0.2) is 39.2 Å². The molecule has 0 aromatic heterocycles. The highest BCUT2D eigenvalue weighted by atomic mass is 35.5. The lowest BCUT2D eigenvalue weighted by atomic mass is 10.2. The molecule has 2 N–H and O–H groups in total. The summed E-state index contributed by atoms with van der Waals surface area (Å²) in [5, 5.41) is 4.53. The summed E-state index contributed by atoms with van der Waals surface area (Å²) >= 11 is 6.03. The number of sulfone groups is 1. The lowest BCUT2D eigenvalue weighted by molar-refractivity contribution is -0.118. The molecule has 2 amide bonds. The number of methoxy groups -OCH3 is 1. The number of nitrogens with one attached hydrogen (secondary N) is 2. The number of fused-ring (bicyclic) bond motifs is 1. The molecule has 0 saturated carbocycles. The number of hydrogen-bond acceptors (Lipinski definition) is 6. The molecular weight excluding hydrogens is 420 g/mol. The van der Waals surface area contributed by atoms with E-state index in [4.69, 9.17) is 21.1 Å². The minimum Gasteiger partial charge on any atom is -0.495 e. The fourth-order valence-electron chi connectivity index (χ4n) is 2.80. The van der Waals surface area contributed by atoms with Gasteiger partial charge in [-0.25, -0.2) is 8.42 Å². The molecule has 0 spiro atoms. The maximum absolute atomic E-state index is 12.9. The fourth-order valence-corrected chi connectivity index (χ4v) is 4.43. The van der Waals surface area contributed by atoms with Crippen molar-refractivity contribution in [3.63, 3.8) is 0 Å².